The highest BCUT2D eigenvalue weighted by molar-refractivity contribution is 5.99. The van der Waals surface area contributed by atoms with Gasteiger partial charge in [0.15, 0.2) is 0 Å². The smallest absolute Gasteiger partial charge is 0.313 e. The molecule has 0 aromatic heterocycles. The third-order valence-corrected chi connectivity index (χ3v) is 8.11. The second-order valence-electron chi connectivity index (χ2n) is 10.9. The van der Waals surface area contributed by atoms with Crippen molar-refractivity contribution in [2.45, 2.75) is 89.2 Å². The van der Waals surface area contributed by atoms with Gasteiger partial charge in [0.05, 0.1) is 18.6 Å². The highest BCUT2D eigenvalue weighted by Crippen LogP contribution is 2.53. The molecule has 0 aromatic rings. The first-order chi connectivity index (χ1) is 18.2. The number of cyclic esters (lactones) is 1. The number of nitrogens with zero attached hydrogens (tertiary/aromatic N) is 2. The molecule has 4 heterocycles. The van der Waals surface area contributed by atoms with Gasteiger partial charge in [0.2, 0.25) is 17.7 Å². The molecule has 4 rings (SSSR count). The van der Waals surface area contributed by atoms with Crippen molar-refractivity contribution < 1.29 is 33.8 Å². The minimum absolute atomic E-state index is 0.0124. The molecule has 10 heteroatoms. The van der Waals surface area contributed by atoms with Gasteiger partial charge in [0.25, 0.3) is 0 Å². The Morgan fingerprint density at radius 2 is 1.97 bits per heavy atom. The Morgan fingerprint density at radius 1 is 1.18 bits per heavy atom. The van der Waals surface area contributed by atoms with Crippen LogP contribution in [-0.4, -0.2) is 94.7 Å². The fourth-order valence-electron chi connectivity index (χ4n) is 6.28. The molecule has 210 valence electrons. The molecule has 7 atom stereocenters. The predicted molar refractivity (Wildman–Crippen MR) is 139 cm³/mol. The van der Waals surface area contributed by atoms with Crippen molar-refractivity contribution in [2.75, 3.05) is 26.2 Å². The number of aliphatic hydroxyl groups excluding tert-OH is 1. The number of allylic oxidation sites excluding steroid dienone is 1. The summed E-state index contributed by atoms with van der Waals surface area (Å²) in [6, 6.07) is -0.937. The number of rotatable bonds is 7. The number of likely N-dealkylation sites (tertiary alicyclic amines) is 1. The van der Waals surface area contributed by atoms with Gasteiger partial charge in [-0.25, -0.2) is 0 Å². The van der Waals surface area contributed by atoms with Crippen molar-refractivity contribution >= 4 is 23.7 Å². The molecule has 0 bridgehead atoms. The van der Waals surface area contributed by atoms with Crippen LogP contribution in [0.1, 0.15) is 59.3 Å². The normalized spacial score (nSPS) is 35.3. The van der Waals surface area contributed by atoms with Crippen LogP contribution in [0.2, 0.25) is 0 Å². The summed E-state index contributed by atoms with van der Waals surface area (Å²) >= 11 is 0. The topological polar surface area (TPSA) is 125 Å². The lowest BCUT2D eigenvalue weighted by molar-refractivity contribution is -0.159. The Balaban J connectivity index is 1.76. The molecule has 0 aliphatic carbocycles. The Labute approximate surface area is 224 Å². The molecule has 0 radical (unpaired) electrons. The number of fused-ring (bicyclic) bond motifs is 2. The first kappa shape index (κ1) is 28.3. The maximum absolute atomic E-state index is 14.2. The van der Waals surface area contributed by atoms with Gasteiger partial charge in [0, 0.05) is 32.2 Å². The number of aliphatic hydroxyl groups is 1. The van der Waals surface area contributed by atoms with Gasteiger partial charge >= 0.3 is 5.97 Å². The molecule has 0 saturated carbocycles. The number of nitrogens with one attached hydrogen (secondary N) is 1. The molecule has 38 heavy (non-hydrogen) atoms. The van der Waals surface area contributed by atoms with Crippen LogP contribution < -0.4 is 5.32 Å². The second-order valence-corrected chi connectivity index (χ2v) is 10.9. The van der Waals surface area contributed by atoms with E-state index in [1.165, 1.54) is 0 Å². The number of amides is 3. The predicted octanol–water partition coefficient (Wildman–Crippen LogP) is 1.32. The highest BCUT2D eigenvalue weighted by atomic mass is 16.6. The van der Waals surface area contributed by atoms with Crippen molar-refractivity contribution in [1.82, 2.24) is 15.1 Å². The Hall–Kier alpha value is -2.72. The number of unbranched alkanes of at least 4 members (excludes halogenated alkanes) is 1. The minimum atomic E-state index is -1.32. The SMILES string of the molecule is CCCC(C)N1CC=C[C@]23O[C@@H]4/C=C\CCC(=O)NC[C@@H](C)OC(=O)[C@@H]4[C@H]2C(=O)N(CCCCO)[C@@H]3C1=O. The third kappa shape index (κ3) is 5.25. The lowest BCUT2D eigenvalue weighted by Crippen LogP contribution is -2.56. The second kappa shape index (κ2) is 12.0. The molecule has 10 nitrogen and oxygen atoms in total. The van der Waals surface area contributed by atoms with E-state index < -0.39 is 41.7 Å². The first-order valence-electron chi connectivity index (χ1n) is 14.0. The van der Waals surface area contributed by atoms with E-state index in [2.05, 4.69) is 12.2 Å². The Bertz CT molecular complexity index is 981. The molecule has 4 aliphatic heterocycles. The number of esters is 1. The molecule has 2 N–H and O–H groups in total. The number of hydrogen-bond acceptors (Lipinski definition) is 7. The zero-order valence-electron chi connectivity index (χ0n) is 22.6. The summed E-state index contributed by atoms with van der Waals surface area (Å²) in [7, 11) is 0. The fraction of sp³-hybridized carbons (Fsp3) is 0.714. The van der Waals surface area contributed by atoms with Crippen LogP contribution in [-0.2, 0) is 28.7 Å². The van der Waals surface area contributed by atoms with E-state index in [1.54, 1.807) is 28.9 Å². The van der Waals surface area contributed by atoms with Crippen molar-refractivity contribution in [1.29, 1.82) is 0 Å². The molecule has 4 aliphatic rings. The quantitative estimate of drug-likeness (QED) is 0.288. The fourth-order valence-corrected chi connectivity index (χ4v) is 6.28. The van der Waals surface area contributed by atoms with Crippen LogP contribution in [0.5, 0.6) is 0 Å². The van der Waals surface area contributed by atoms with E-state index in [1.807, 2.05) is 19.1 Å². The zero-order valence-corrected chi connectivity index (χ0v) is 22.6. The maximum Gasteiger partial charge on any atom is 0.313 e. The summed E-state index contributed by atoms with van der Waals surface area (Å²) < 4.78 is 12.3. The van der Waals surface area contributed by atoms with Gasteiger partial charge in [0.1, 0.15) is 23.7 Å². The van der Waals surface area contributed by atoms with Crippen molar-refractivity contribution in [3.05, 3.63) is 24.3 Å². The van der Waals surface area contributed by atoms with E-state index >= 15 is 0 Å². The average molecular weight is 532 g/mol. The van der Waals surface area contributed by atoms with Gasteiger partial charge in [-0.1, -0.05) is 37.6 Å². The van der Waals surface area contributed by atoms with Gasteiger partial charge in [-0.15, -0.1) is 0 Å². The molecule has 2 saturated heterocycles. The standard InChI is InChI=1S/C28H41N3O7/c1-4-10-18(2)30-15-9-13-28-23(25(34)31(14-7-8-16-32)24(28)26(30)35)22-20(38-28)11-5-6-12-21(33)29-17-19(3)37-27(22)36/h5,9,11,13,18-20,22-24,32H,4,6-8,10,12,14-17H2,1-3H3,(H,29,33)/b11-5-/t18?,19-,20-,22+,23+,24-,28+/m1/s1. The number of hydrogen-bond donors (Lipinski definition) is 2. The van der Waals surface area contributed by atoms with E-state index in [-0.39, 0.29) is 49.9 Å². The van der Waals surface area contributed by atoms with Gasteiger partial charge in [-0.3, -0.25) is 19.2 Å². The minimum Gasteiger partial charge on any atom is -0.460 e. The summed E-state index contributed by atoms with van der Waals surface area (Å²) in [6.45, 7) is 6.62. The number of ether oxygens (including phenoxy) is 2. The van der Waals surface area contributed by atoms with Crippen LogP contribution in [0.25, 0.3) is 0 Å². The summed E-state index contributed by atoms with van der Waals surface area (Å²) in [6.07, 6.45) is 9.39. The zero-order chi connectivity index (χ0) is 27.4. The van der Waals surface area contributed by atoms with Crippen LogP contribution in [0, 0.1) is 11.8 Å². The van der Waals surface area contributed by atoms with Gasteiger partial charge in [-0.2, -0.15) is 0 Å². The van der Waals surface area contributed by atoms with E-state index in [0.717, 1.165) is 12.8 Å². The average Bonchev–Trinajstić information content (AvgIpc) is 3.25. The van der Waals surface area contributed by atoms with Crippen LogP contribution in [0.3, 0.4) is 0 Å². The third-order valence-electron chi connectivity index (χ3n) is 8.11. The van der Waals surface area contributed by atoms with Gasteiger partial charge < -0.3 is 29.7 Å². The summed E-state index contributed by atoms with van der Waals surface area (Å²) in [4.78, 5) is 57.3. The summed E-state index contributed by atoms with van der Waals surface area (Å²) in [5.41, 5.74) is -1.32. The van der Waals surface area contributed by atoms with Crippen LogP contribution in [0.4, 0.5) is 0 Å². The van der Waals surface area contributed by atoms with Crippen molar-refractivity contribution in [2.24, 2.45) is 11.8 Å². The summed E-state index contributed by atoms with van der Waals surface area (Å²) in [5, 5.41) is 12.1. The largest absolute Gasteiger partial charge is 0.460 e. The molecule has 3 amide bonds. The lowest BCUT2D eigenvalue weighted by atomic mass is 9.78. The lowest BCUT2D eigenvalue weighted by Gasteiger charge is -2.37. The number of carbonyl (C=O) groups is 4. The summed E-state index contributed by atoms with van der Waals surface area (Å²) in [5.74, 6) is -3.05. The molecule has 0 aromatic carbocycles. The van der Waals surface area contributed by atoms with E-state index in [4.69, 9.17) is 9.47 Å². The Kier molecular flexibility index (Phi) is 8.92. The Morgan fingerprint density at radius 3 is 2.71 bits per heavy atom. The van der Waals surface area contributed by atoms with E-state index in [0.29, 0.717) is 25.8 Å². The first-order valence-corrected chi connectivity index (χ1v) is 14.0. The molecule has 1 unspecified atom stereocenters. The van der Waals surface area contributed by atoms with Crippen LogP contribution in [0.15, 0.2) is 24.3 Å². The molecule has 1 spiro atoms. The van der Waals surface area contributed by atoms with Gasteiger partial charge in [-0.05, 0) is 39.5 Å². The monoisotopic (exact) mass is 531 g/mol. The van der Waals surface area contributed by atoms with Crippen molar-refractivity contribution in [3.8, 4) is 0 Å². The van der Waals surface area contributed by atoms with Crippen LogP contribution >= 0.6 is 0 Å². The van der Waals surface area contributed by atoms with Crippen molar-refractivity contribution in [3.63, 3.8) is 0 Å². The molecular formula is C28H41N3O7. The maximum atomic E-state index is 14.2. The molecule has 2 fully saturated rings. The number of carbonyl (C=O) groups excluding carboxylic acids is 4. The molecular weight excluding hydrogens is 490 g/mol. The van der Waals surface area contributed by atoms with E-state index in [9.17, 15) is 24.3 Å². The highest BCUT2D eigenvalue weighted by Gasteiger charge is 2.71.